The van der Waals surface area contributed by atoms with Gasteiger partial charge in [-0.2, -0.15) is 0 Å². The standard InChI is InChI=1S/C12H6BrCl3N2O/c13-7-3-10(11(16)17-5-7)18-12(19)6-1-8(14)4-9(15)2-6/h1-5H,(H,18,19). The number of benzene rings is 1. The van der Waals surface area contributed by atoms with Crippen molar-refractivity contribution in [2.24, 2.45) is 0 Å². The largest absolute Gasteiger partial charge is 0.319 e. The quantitative estimate of drug-likeness (QED) is 0.740. The first-order valence-corrected chi connectivity index (χ1v) is 6.97. The number of carbonyl (C=O) groups excluding carboxylic acids is 1. The lowest BCUT2D eigenvalue weighted by Gasteiger charge is -2.07. The third-order valence-corrected chi connectivity index (χ3v) is 3.35. The molecule has 0 bridgehead atoms. The number of hydrogen-bond acceptors (Lipinski definition) is 2. The molecule has 1 N–H and O–H groups in total. The van der Waals surface area contributed by atoms with Crippen LogP contribution in [0.15, 0.2) is 34.9 Å². The van der Waals surface area contributed by atoms with Gasteiger partial charge in [-0.15, -0.1) is 0 Å². The molecule has 19 heavy (non-hydrogen) atoms. The maximum atomic E-state index is 12.1. The van der Waals surface area contributed by atoms with Crippen molar-refractivity contribution >= 4 is 62.3 Å². The number of halogens is 4. The van der Waals surface area contributed by atoms with Gasteiger partial charge < -0.3 is 5.32 Å². The molecule has 0 spiro atoms. The van der Waals surface area contributed by atoms with Crippen molar-refractivity contribution in [2.45, 2.75) is 0 Å². The van der Waals surface area contributed by atoms with Crippen LogP contribution in [0.2, 0.25) is 15.2 Å². The Bertz CT molecular complexity index is 629. The summed E-state index contributed by atoms with van der Waals surface area (Å²) in [6.07, 6.45) is 1.54. The van der Waals surface area contributed by atoms with Gasteiger partial charge in [-0.05, 0) is 40.2 Å². The topological polar surface area (TPSA) is 42.0 Å². The van der Waals surface area contributed by atoms with Crippen LogP contribution in [0, 0.1) is 0 Å². The molecule has 1 amide bonds. The Morgan fingerprint density at radius 3 is 2.37 bits per heavy atom. The molecular weight excluding hydrogens is 374 g/mol. The van der Waals surface area contributed by atoms with Crippen molar-refractivity contribution in [3.05, 3.63) is 55.7 Å². The van der Waals surface area contributed by atoms with E-state index in [9.17, 15) is 4.79 Å². The van der Waals surface area contributed by atoms with Crippen LogP contribution in [-0.2, 0) is 0 Å². The van der Waals surface area contributed by atoms with E-state index < -0.39 is 0 Å². The highest BCUT2D eigenvalue weighted by Crippen LogP contribution is 2.25. The zero-order valence-electron chi connectivity index (χ0n) is 9.25. The Balaban J connectivity index is 2.28. The van der Waals surface area contributed by atoms with Crippen LogP contribution < -0.4 is 5.32 Å². The summed E-state index contributed by atoms with van der Waals surface area (Å²) in [5.41, 5.74) is 0.741. The molecule has 0 unspecified atom stereocenters. The summed E-state index contributed by atoms with van der Waals surface area (Å²) in [6, 6.07) is 6.23. The SMILES string of the molecule is O=C(Nc1cc(Br)cnc1Cl)c1cc(Cl)cc(Cl)c1. The van der Waals surface area contributed by atoms with Crippen LogP contribution in [0.3, 0.4) is 0 Å². The lowest BCUT2D eigenvalue weighted by molar-refractivity contribution is 0.102. The molecule has 0 aliphatic rings. The Kier molecular flexibility index (Phi) is 4.68. The maximum Gasteiger partial charge on any atom is 0.255 e. The second-order valence-corrected chi connectivity index (χ2v) is 5.75. The van der Waals surface area contributed by atoms with Crippen LogP contribution >= 0.6 is 50.7 Å². The monoisotopic (exact) mass is 378 g/mol. The second-order valence-electron chi connectivity index (χ2n) is 3.60. The number of nitrogens with zero attached hydrogens (tertiary/aromatic N) is 1. The molecule has 0 saturated heterocycles. The third kappa shape index (κ3) is 3.83. The minimum atomic E-state index is -0.369. The summed E-state index contributed by atoms with van der Waals surface area (Å²) in [7, 11) is 0. The first-order valence-electron chi connectivity index (χ1n) is 5.04. The van der Waals surface area contributed by atoms with E-state index in [0.29, 0.717) is 25.8 Å². The maximum absolute atomic E-state index is 12.1. The van der Waals surface area contributed by atoms with E-state index in [1.165, 1.54) is 18.3 Å². The summed E-state index contributed by atoms with van der Waals surface area (Å²) in [4.78, 5) is 16.0. The second kappa shape index (κ2) is 6.09. The average molecular weight is 380 g/mol. The lowest BCUT2D eigenvalue weighted by atomic mass is 10.2. The molecule has 0 aliphatic carbocycles. The van der Waals surface area contributed by atoms with Crippen molar-refractivity contribution in [1.29, 1.82) is 0 Å². The molecule has 3 nitrogen and oxygen atoms in total. The normalized spacial score (nSPS) is 10.3. The molecule has 0 radical (unpaired) electrons. The van der Waals surface area contributed by atoms with Crippen LogP contribution in [0.1, 0.15) is 10.4 Å². The van der Waals surface area contributed by atoms with Crippen molar-refractivity contribution in [3.63, 3.8) is 0 Å². The van der Waals surface area contributed by atoms with Crippen LogP contribution in [0.4, 0.5) is 5.69 Å². The van der Waals surface area contributed by atoms with Gasteiger partial charge in [-0.1, -0.05) is 34.8 Å². The molecule has 0 saturated carbocycles. The van der Waals surface area contributed by atoms with Gasteiger partial charge in [-0.3, -0.25) is 4.79 Å². The van der Waals surface area contributed by atoms with Crippen LogP contribution in [0.25, 0.3) is 0 Å². The summed E-state index contributed by atoms with van der Waals surface area (Å²) in [5.74, 6) is -0.369. The van der Waals surface area contributed by atoms with Gasteiger partial charge in [0.05, 0.1) is 5.69 Å². The Morgan fingerprint density at radius 2 is 1.74 bits per heavy atom. The molecule has 7 heteroatoms. The molecule has 0 fully saturated rings. The van der Waals surface area contributed by atoms with Crippen molar-refractivity contribution in [2.75, 3.05) is 5.32 Å². The fraction of sp³-hybridized carbons (Fsp3) is 0. The number of rotatable bonds is 2. The summed E-state index contributed by atoms with van der Waals surface area (Å²) in [5, 5.41) is 3.61. The molecule has 2 rings (SSSR count). The molecular formula is C12H6BrCl3N2O. The van der Waals surface area contributed by atoms with E-state index in [-0.39, 0.29) is 11.1 Å². The minimum absolute atomic E-state index is 0.199. The highest BCUT2D eigenvalue weighted by Gasteiger charge is 2.11. The molecule has 1 aromatic heterocycles. The predicted octanol–water partition coefficient (Wildman–Crippen LogP) is 5.06. The highest BCUT2D eigenvalue weighted by atomic mass is 79.9. The first-order chi connectivity index (χ1) is 8.95. The van der Waals surface area contributed by atoms with Crippen LogP contribution in [0.5, 0.6) is 0 Å². The van der Waals surface area contributed by atoms with Gasteiger partial charge in [0.2, 0.25) is 0 Å². The number of aromatic nitrogens is 1. The number of amides is 1. The van der Waals surface area contributed by atoms with Crippen molar-refractivity contribution in [1.82, 2.24) is 4.98 Å². The van der Waals surface area contributed by atoms with E-state index in [2.05, 4.69) is 26.2 Å². The molecule has 0 aliphatic heterocycles. The first kappa shape index (κ1) is 14.6. The van der Waals surface area contributed by atoms with Gasteiger partial charge in [-0.25, -0.2) is 4.98 Å². The minimum Gasteiger partial charge on any atom is -0.319 e. The van der Waals surface area contributed by atoms with Crippen molar-refractivity contribution < 1.29 is 4.79 Å². The predicted molar refractivity (Wildman–Crippen MR) is 81.4 cm³/mol. The number of hydrogen-bond donors (Lipinski definition) is 1. The summed E-state index contributed by atoms with van der Waals surface area (Å²) < 4.78 is 0.705. The number of pyridine rings is 1. The van der Waals surface area contributed by atoms with Gasteiger partial charge >= 0.3 is 0 Å². The zero-order valence-corrected chi connectivity index (χ0v) is 13.1. The number of anilines is 1. The molecule has 0 atom stereocenters. The van der Waals surface area contributed by atoms with Gasteiger partial charge in [0.1, 0.15) is 0 Å². The molecule has 1 heterocycles. The Labute approximate surface area is 133 Å². The zero-order chi connectivity index (χ0) is 14.0. The van der Waals surface area contributed by atoms with Crippen LogP contribution in [-0.4, -0.2) is 10.9 Å². The summed E-state index contributed by atoms with van der Waals surface area (Å²) >= 11 is 20.8. The molecule has 1 aromatic carbocycles. The van der Waals surface area contributed by atoms with E-state index >= 15 is 0 Å². The lowest BCUT2D eigenvalue weighted by Crippen LogP contribution is -2.12. The Hall–Kier alpha value is -0.810. The van der Waals surface area contributed by atoms with Crippen molar-refractivity contribution in [3.8, 4) is 0 Å². The molecule has 2 aromatic rings. The van der Waals surface area contributed by atoms with E-state index in [1.807, 2.05) is 0 Å². The van der Waals surface area contributed by atoms with Gasteiger partial charge in [0, 0.05) is 26.3 Å². The van der Waals surface area contributed by atoms with Gasteiger partial charge in [0.25, 0.3) is 5.91 Å². The molecule has 98 valence electrons. The third-order valence-electron chi connectivity index (χ3n) is 2.18. The van der Waals surface area contributed by atoms with E-state index in [0.717, 1.165) is 0 Å². The fourth-order valence-electron chi connectivity index (χ4n) is 1.39. The number of carbonyl (C=O) groups is 1. The van der Waals surface area contributed by atoms with E-state index in [1.54, 1.807) is 12.1 Å². The smallest absolute Gasteiger partial charge is 0.255 e. The number of nitrogens with one attached hydrogen (secondary N) is 1. The Morgan fingerprint density at radius 1 is 1.11 bits per heavy atom. The van der Waals surface area contributed by atoms with E-state index in [4.69, 9.17) is 34.8 Å². The fourth-order valence-corrected chi connectivity index (χ4v) is 2.40. The van der Waals surface area contributed by atoms with Gasteiger partial charge in [0.15, 0.2) is 5.15 Å². The highest BCUT2D eigenvalue weighted by molar-refractivity contribution is 9.10. The summed E-state index contributed by atoms with van der Waals surface area (Å²) in [6.45, 7) is 0. The average Bonchev–Trinajstić information content (AvgIpc) is 2.32.